The Morgan fingerprint density at radius 1 is 1.31 bits per heavy atom. The molecule has 1 aliphatic rings. The Morgan fingerprint density at radius 3 is 3.06 bits per heavy atom. The van der Waals surface area contributed by atoms with Gasteiger partial charge in [0.25, 0.3) is 0 Å². The molecule has 0 fully saturated rings. The minimum Gasteiger partial charge on any atom is -0.508 e. The first kappa shape index (κ1) is 9.60. The van der Waals surface area contributed by atoms with Crippen LogP contribution in [-0.4, -0.2) is 5.11 Å². The summed E-state index contributed by atoms with van der Waals surface area (Å²) in [5.41, 5.74) is 1.04. The van der Waals surface area contributed by atoms with Crippen LogP contribution in [-0.2, 0) is 6.42 Å². The van der Waals surface area contributed by atoms with Crippen molar-refractivity contribution in [2.45, 2.75) is 12.8 Å². The number of fused-ring (bicyclic) bond motifs is 2. The van der Waals surface area contributed by atoms with Crippen LogP contribution in [0.1, 0.15) is 16.9 Å². The van der Waals surface area contributed by atoms with Crippen LogP contribution in [0.4, 0.5) is 0 Å². The lowest BCUT2D eigenvalue weighted by atomic mass is 10.0. The second kappa shape index (κ2) is 3.46. The molecule has 1 aromatic heterocycles. The summed E-state index contributed by atoms with van der Waals surface area (Å²) in [6.07, 6.45) is 5.87. The van der Waals surface area contributed by atoms with Crippen molar-refractivity contribution in [3.8, 4) is 5.75 Å². The zero-order valence-corrected chi connectivity index (χ0v) is 9.38. The lowest BCUT2D eigenvalue weighted by Crippen LogP contribution is -2.11. The summed E-state index contributed by atoms with van der Waals surface area (Å²) in [6.45, 7) is 0. The Hall–Kier alpha value is -1.61. The van der Waals surface area contributed by atoms with E-state index in [4.69, 9.17) is 0 Å². The van der Waals surface area contributed by atoms with Crippen molar-refractivity contribution < 1.29 is 5.11 Å². The van der Waals surface area contributed by atoms with Gasteiger partial charge in [-0.25, -0.2) is 0 Å². The standard InChI is InChI=1S/C13H10O2S/c14-8-5-6-10-12(7-8)16-11-4-2-1-3-9(11)13(10)15/h2,4-7,14H,1,3H2. The minimum absolute atomic E-state index is 0.119. The molecule has 0 unspecified atom stereocenters. The molecule has 0 spiro atoms. The highest BCUT2D eigenvalue weighted by Crippen LogP contribution is 2.28. The van der Waals surface area contributed by atoms with Crippen molar-refractivity contribution in [2.24, 2.45) is 0 Å². The van der Waals surface area contributed by atoms with E-state index in [0.29, 0.717) is 0 Å². The molecular formula is C13H10O2S. The molecule has 0 atom stereocenters. The van der Waals surface area contributed by atoms with Crippen molar-refractivity contribution in [1.29, 1.82) is 0 Å². The first-order valence-electron chi connectivity index (χ1n) is 5.21. The first-order chi connectivity index (χ1) is 7.75. The van der Waals surface area contributed by atoms with E-state index in [-0.39, 0.29) is 11.2 Å². The van der Waals surface area contributed by atoms with Crippen molar-refractivity contribution in [2.75, 3.05) is 0 Å². The second-order valence-corrected chi connectivity index (χ2v) is 4.98. The molecule has 1 heterocycles. The summed E-state index contributed by atoms with van der Waals surface area (Å²) in [4.78, 5) is 13.2. The van der Waals surface area contributed by atoms with Gasteiger partial charge in [-0.05, 0) is 37.1 Å². The highest BCUT2D eigenvalue weighted by molar-refractivity contribution is 7.19. The molecule has 0 saturated heterocycles. The smallest absolute Gasteiger partial charge is 0.191 e. The summed E-state index contributed by atoms with van der Waals surface area (Å²) in [5, 5.41) is 10.1. The van der Waals surface area contributed by atoms with Crippen LogP contribution in [0.15, 0.2) is 29.1 Å². The maximum Gasteiger partial charge on any atom is 0.191 e. The monoisotopic (exact) mass is 230 g/mol. The maximum atomic E-state index is 12.2. The summed E-state index contributed by atoms with van der Waals surface area (Å²) < 4.78 is 0.857. The molecule has 0 saturated carbocycles. The quantitative estimate of drug-likeness (QED) is 0.755. The van der Waals surface area contributed by atoms with Gasteiger partial charge in [0, 0.05) is 20.5 Å². The van der Waals surface area contributed by atoms with E-state index < -0.39 is 0 Å². The van der Waals surface area contributed by atoms with E-state index in [1.165, 1.54) is 0 Å². The lowest BCUT2D eigenvalue weighted by Gasteiger charge is -2.09. The number of benzene rings is 1. The summed E-state index contributed by atoms with van der Waals surface area (Å²) >= 11 is 1.57. The molecule has 3 rings (SSSR count). The van der Waals surface area contributed by atoms with Gasteiger partial charge in [-0.1, -0.05) is 6.08 Å². The number of hydrogen-bond acceptors (Lipinski definition) is 3. The van der Waals surface area contributed by atoms with Gasteiger partial charge in [0.15, 0.2) is 5.43 Å². The third-order valence-corrected chi connectivity index (χ3v) is 3.99. The Morgan fingerprint density at radius 2 is 2.19 bits per heavy atom. The molecule has 16 heavy (non-hydrogen) atoms. The van der Waals surface area contributed by atoms with Gasteiger partial charge in [0.2, 0.25) is 0 Å². The minimum atomic E-state index is 0.119. The topological polar surface area (TPSA) is 37.3 Å². The second-order valence-electron chi connectivity index (χ2n) is 3.90. The Labute approximate surface area is 96.5 Å². The van der Waals surface area contributed by atoms with E-state index in [9.17, 15) is 9.90 Å². The van der Waals surface area contributed by atoms with Crippen LogP contribution in [0, 0.1) is 0 Å². The fourth-order valence-corrected chi connectivity index (χ4v) is 3.20. The lowest BCUT2D eigenvalue weighted by molar-refractivity contribution is 0.476. The first-order valence-corrected chi connectivity index (χ1v) is 6.02. The summed E-state index contributed by atoms with van der Waals surface area (Å²) in [7, 11) is 0. The van der Waals surface area contributed by atoms with E-state index in [0.717, 1.165) is 33.4 Å². The average Bonchev–Trinajstić information content (AvgIpc) is 2.29. The van der Waals surface area contributed by atoms with E-state index >= 15 is 0 Å². The molecule has 2 nitrogen and oxygen atoms in total. The molecule has 80 valence electrons. The van der Waals surface area contributed by atoms with Crippen molar-refractivity contribution in [3.05, 3.63) is 44.9 Å². The molecule has 0 radical (unpaired) electrons. The summed E-state index contributed by atoms with van der Waals surface area (Å²) in [6, 6.07) is 4.94. The number of phenols is 1. The van der Waals surface area contributed by atoms with Crippen LogP contribution in [0.25, 0.3) is 16.2 Å². The van der Waals surface area contributed by atoms with Gasteiger partial charge in [0.05, 0.1) is 0 Å². The molecule has 0 bridgehead atoms. The molecule has 2 aromatic rings. The van der Waals surface area contributed by atoms with Crippen LogP contribution in [0.3, 0.4) is 0 Å². The number of aromatic hydroxyl groups is 1. The van der Waals surface area contributed by atoms with E-state index in [1.54, 1.807) is 29.5 Å². The highest BCUT2D eigenvalue weighted by atomic mass is 32.1. The van der Waals surface area contributed by atoms with Gasteiger partial charge in [-0.15, -0.1) is 11.3 Å². The largest absolute Gasteiger partial charge is 0.508 e. The van der Waals surface area contributed by atoms with Crippen molar-refractivity contribution in [3.63, 3.8) is 0 Å². The molecule has 3 heteroatoms. The summed E-state index contributed by atoms with van der Waals surface area (Å²) in [5.74, 6) is 0.211. The number of phenolic OH excluding ortho intramolecular Hbond substituents is 1. The third-order valence-electron chi connectivity index (χ3n) is 2.83. The maximum absolute atomic E-state index is 12.2. The van der Waals surface area contributed by atoms with Gasteiger partial charge in [-0.2, -0.15) is 0 Å². The molecule has 1 aromatic carbocycles. The van der Waals surface area contributed by atoms with Crippen molar-refractivity contribution in [1.82, 2.24) is 0 Å². The SMILES string of the molecule is O=c1c2c(sc3cc(O)ccc13)C=CCC2. The number of allylic oxidation sites excluding steroid dienone is 1. The highest BCUT2D eigenvalue weighted by Gasteiger charge is 2.12. The molecule has 0 amide bonds. The zero-order valence-electron chi connectivity index (χ0n) is 8.56. The fourth-order valence-electron chi connectivity index (χ4n) is 2.03. The van der Waals surface area contributed by atoms with Gasteiger partial charge >= 0.3 is 0 Å². The van der Waals surface area contributed by atoms with Gasteiger partial charge in [0.1, 0.15) is 5.75 Å². The van der Waals surface area contributed by atoms with Crippen LogP contribution >= 0.6 is 11.3 Å². The zero-order chi connectivity index (χ0) is 11.1. The molecule has 1 aliphatic carbocycles. The van der Waals surface area contributed by atoms with Crippen LogP contribution < -0.4 is 5.43 Å². The number of rotatable bonds is 0. The van der Waals surface area contributed by atoms with E-state index in [1.807, 2.05) is 6.08 Å². The predicted molar refractivity (Wildman–Crippen MR) is 67.1 cm³/mol. The normalized spacial score (nSPS) is 14.0. The average molecular weight is 230 g/mol. The van der Waals surface area contributed by atoms with Crippen LogP contribution in [0.5, 0.6) is 5.75 Å². The Bertz CT molecular complexity index is 653. The predicted octanol–water partition coefficient (Wildman–Crippen LogP) is 2.93. The molecular weight excluding hydrogens is 220 g/mol. The van der Waals surface area contributed by atoms with E-state index in [2.05, 4.69) is 6.08 Å². The van der Waals surface area contributed by atoms with Crippen molar-refractivity contribution >= 4 is 27.5 Å². The third kappa shape index (κ3) is 1.36. The number of hydrogen-bond donors (Lipinski definition) is 1. The fraction of sp³-hybridized carbons (Fsp3) is 0.154. The molecule has 0 aliphatic heterocycles. The Balaban J connectivity index is 2.45. The Kier molecular flexibility index (Phi) is 2.07. The molecule has 1 N–H and O–H groups in total. The van der Waals surface area contributed by atoms with Gasteiger partial charge < -0.3 is 5.11 Å². The van der Waals surface area contributed by atoms with Gasteiger partial charge in [-0.3, -0.25) is 4.79 Å². The van der Waals surface area contributed by atoms with Crippen LogP contribution in [0.2, 0.25) is 0 Å².